The van der Waals surface area contributed by atoms with E-state index in [4.69, 9.17) is 6.42 Å². The summed E-state index contributed by atoms with van der Waals surface area (Å²) in [4.78, 5) is 0. The van der Waals surface area contributed by atoms with E-state index in [0.717, 1.165) is 17.8 Å². The Morgan fingerprint density at radius 2 is 1.60 bits per heavy atom. The van der Waals surface area contributed by atoms with Crippen LogP contribution in [0.1, 0.15) is 51.9 Å². The van der Waals surface area contributed by atoms with Gasteiger partial charge in [0, 0.05) is 5.92 Å². The van der Waals surface area contributed by atoms with Crippen LogP contribution in [0.2, 0.25) is 0 Å². The second kappa shape index (κ2) is 3.27. The van der Waals surface area contributed by atoms with Gasteiger partial charge in [0.2, 0.25) is 0 Å². The topological polar surface area (TPSA) is 0 Å². The van der Waals surface area contributed by atoms with E-state index in [0.29, 0.717) is 11.3 Å². The number of rotatable bonds is 2. The van der Waals surface area contributed by atoms with E-state index in [1.807, 2.05) is 0 Å². The predicted octanol–water partition coefficient (Wildman–Crippen LogP) is 3.86. The minimum Gasteiger partial charge on any atom is -0.120 e. The number of hydrogen-bond donors (Lipinski definition) is 0. The lowest BCUT2D eigenvalue weighted by Gasteiger charge is -2.57. The zero-order chi connectivity index (χ0) is 10.5. The van der Waals surface area contributed by atoms with Crippen LogP contribution in [0.5, 0.6) is 0 Å². The Hall–Kier alpha value is -0.440. The highest BCUT2D eigenvalue weighted by Crippen LogP contribution is 2.61. The summed E-state index contributed by atoms with van der Waals surface area (Å²) in [5.41, 5.74) is 0.681. The van der Waals surface area contributed by atoms with Crippen molar-refractivity contribution in [3.8, 4) is 12.3 Å². The predicted molar refractivity (Wildman–Crippen MR) is 63.2 cm³/mol. The van der Waals surface area contributed by atoms with Crippen LogP contribution in [0.25, 0.3) is 0 Å². The van der Waals surface area contributed by atoms with E-state index in [-0.39, 0.29) is 0 Å². The van der Waals surface area contributed by atoms with Gasteiger partial charge in [0.05, 0.1) is 0 Å². The highest BCUT2D eigenvalue weighted by molar-refractivity contribution is 5.04. The van der Waals surface area contributed by atoms with Crippen LogP contribution in [-0.4, -0.2) is 0 Å². The monoisotopic (exact) mass is 202 g/mol. The summed E-state index contributed by atoms with van der Waals surface area (Å²) in [6.45, 7) is 2.23. The molecule has 4 saturated carbocycles. The molecule has 1 atom stereocenters. The van der Waals surface area contributed by atoms with Crippen molar-refractivity contribution >= 4 is 0 Å². The van der Waals surface area contributed by atoms with Gasteiger partial charge < -0.3 is 0 Å². The molecular weight excluding hydrogens is 180 g/mol. The Balaban J connectivity index is 1.78. The van der Waals surface area contributed by atoms with Gasteiger partial charge in [0.25, 0.3) is 0 Å². The fraction of sp³-hybridized carbons (Fsp3) is 0.867. The molecule has 0 aromatic carbocycles. The van der Waals surface area contributed by atoms with Crippen molar-refractivity contribution in [1.82, 2.24) is 0 Å². The van der Waals surface area contributed by atoms with Crippen molar-refractivity contribution in [2.24, 2.45) is 29.1 Å². The van der Waals surface area contributed by atoms with E-state index in [1.54, 1.807) is 19.3 Å². The molecule has 0 N–H and O–H groups in total. The third kappa shape index (κ3) is 1.61. The van der Waals surface area contributed by atoms with Crippen LogP contribution in [0.15, 0.2) is 0 Å². The lowest BCUT2D eigenvalue weighted by molar-refractivity contribution is -0.0612. The number of terminal acetylenes is 1. The van der Waals surface area contributed by atoms with Gasteiger partial charge in [0.15, 0.2) is 0 Å². The normalized spacial score (nSPS) is 48.9. The molecule has 0 saturated heterocycles. The molecule has 0 nitrogen and oxygen atoms in total. The summed E-state index contributed by atoms with van der Waals surface area (Å²) in [7, 11) is 0. The van der Waals surface area contributed by atoms with E-state index in [1.165, 1.54) is 25.7 Å². The third-order valence-corrected chi connectivity index (χ3v) is 5.19. The molecule has 0 aromatic rings. The van der Waals surface area contributed by atoms with E-state index < -0.39 is 0 Å². The first-order valence-corrected chi connectivity index (χ1v) is 6.65. The van der Waals surface area contributed by atoms with Crippen molar-refractivity contribution < 1.29 is 0 Å². The van der Waals surface area contributed by atoms with Gasteiger partial charge in [-0.15, -0.1) is 12.3 Å². The Morgan fingerprint density at radius 1 is 1.13 bits per heavy atom. The van der Waals surface area contributed by atoms with Gasteiger partial charge in [-0.05, 0) is 68.1 Å². The van der Waals surface area contributed by atoms with Gasteiger partial charge in [-0.1, -0.05) is 6.92 Å². The standard InChI is InChI=1S/C15H22/c1-3-11(2)7-15-8-12-4-13(9-15)6-14(5-12)10-15/h1,11-14H,4-10H2,2H3. The zero-order valence-corrected chi connectivity index (χ0v) is 9.84. The first-order valence-electron chi connectivity index (χ1n) is 6.65. The van der Waals surface area contributed by atoms with Crippen molar-refractivity contribution in [2.75, 3.05) is 0 Å². The fourth-order valence-electron chi connectivity index (χ4n) is 5.25. The van der Waals surface area contributed by atoms with Gasteiger partial charge in [-0.2, -0.15) is 0 Å². The summed E-state index contributed by atoms with van der Waals surface area (Å²) in [5.74, 6) is 6.65. The van der Waals surface area contributed by atoms with E-state index in [2.05, 4.69) is 12.8 Å². The first-order chi connectivity index (χ1) is 7.19. The molecule has 4 fully saturated rings. The van der Waals surface area contributed by atoms with E-state index >= 15 is 0 Å². The highest BCUT2D eigenvalue weighted by Gasteiger charge is 2.50. The largest absolute Gasteiger partial charge is 0.120 e. The average Bonchev–Trinajstić information content (AvgIpc) is 2.14. The average molecular weight is 202 g/mol. The Kier molecular flexibility index (Phi) is 2.13. The molecule has 0 heteroatoms. The van der Waals surface area contributed by atoms with Crippen molar-refractivity contribution in [3.63, 3.8) is 0 Å². The minimum absolute atomic E-state index is 0.501. The second-order valence-corrected chi connectivity index (χ2v) is 6.69. The SMILES string of the molecule is C#CC(C)CC12CC3CC(CC(C3)C1)C2. The summed E-state index contributed by atoms with van der Waals surface area (Å²) < 4.78 is 0. The Morgan fingerprint density at radius 3 is 2.00 bits per heavy atom. The molecule has 4 aliphatic carbocycles. The Bertz CT molecular complexity index is 258. The van der Waals surface area contributed by atoms with Gasteiger partial charge in [-0.25, -0.2) is 0 Å². The van der Waals surface area contributed by atoms with Crippen LogP contribution in [0, 0.1) is 41.4 Å². The quantitative estimate of drug-likeness (QED) is 0.596. The molecule has 0 spiro atoms. The maximum Gasteiger partial charge on any atom is 0.0177 e. The smallest absolute Gasteiger partial charge is 0.0177 e. The molecule has 0 amide bonds. The second-order valence-electron chi connectivity index (χ2n) is 6.69. The molecule has 0 heterocycles. The molecule has 1 unspecified atom stereocenters. The third-order valence-electron chi connectivity index (χ3n) is 5.19. The Labute approximate surface area is 93.8 Å². The van der Waals surface area contributed by atoms with Crippen molar-refractivity contribution in [1.29, 1.82) is 0 Å². The molecule has 4 aliphatic rings. The molecule has 15 heavy (non-hydrogen) atoms. The molecular formula is C15H22. The van der Waals surface area contributed by atoms with Gasteiger partial charge in [-0.3, -0.25) is 0 Å². The lowest BCUT2D eigenvalue weighted by Crippen LogP contribution is -2.46. The lowest BCUT2D eigenvalue weighted by atomic mass is 9.48. The van der Waals surface area contributed by atoms with E-state index in [9.17, 15) is 0 Å². The summed E-state index contributed by atoms with van der Waals surface area (Å²) in [6, 6.07) is 0. The molecule has 0 aromatic heterocycles. The van der Waals surface area contributed by atoms with Crippen LogP contribution in [0.3, 0.4) is 0 Å². The van der Waals surface area contributed by atoms with Crippen LogP contribution in [-0.2, 0) is 0 Å². The van der Waals surface area contributed by atoms with Crippen molar-refractivity contribution in [2.45, 2.75) is 51.9 Å². The molecule has 0 aliphatic heterocycles. The van der Waals surface area contributed by atoms with Gasteiger partial charge >= 0.3 is 0 Å². The molecule has 82 valence electrons. The van der Waals surface area contributed by atoms with Crippen molar-refractivity contribution in [3.05, 3.63) is 0 Å². The van der Waals surface area contributed by atoms with Crippen LogP contribution < -0.4 is 0 Å². The zero-order valence-electron chi connectivity index (χ0n) is 9.84. The van der Waals surface area contributed by atoms with Crippen LogP contribution in [0.4, 0.5) is 0 Å². The van der Waals surface area contributed by atoms with Gasteiger partial charge in [0.1, 0.15) is 0 Å². The summed E-state index contributed by atoms with van der Waals surface area (Å²) in [6.07, 6.45) is 16.0. The maximum atomic E-state index is 5.55. The summed E-state index contributed by atoms with van der Waals surface area (Å²) >= 11 is 0. The minimum atomic E-state index is 0.501. The maximum absolute atomic E-state index is 5.55. The number of hydrogen-bond acceptors (Lipinski definition) is 0. The molecule has 0 radical (unpaired) electrons. The fourth-order valence-corrected chi connectivity index (χ4v) is 5.25. The highest BCUT2D eigenvalue weighted by atomic mass is 14.6. The van der Waals surface area contributed by atoms with Crippen LogP contribution >= 0.6 is 0 Å². The molecule has 4 bridgehead atoms. The molecule has 4 rings (SSSR count). The first kappa shape index (κ1) is 9.76. The summed E-state index contributed by atoms with van der Waals surface area (Å²) in [5, 5.41) is 0.